The van der Waals surface area contributed by atoms with Gasteiger partial charge in [-0.25, -0.2) is 0 Å². The van der Waals surface area contributed by atoms with Crippen LogP contribution in [0.5, 0.6) is 0 Å². The quantitative estimate of drug-likeness (QED) is 0.174. The molecule has 1 aromatic heterocycles. The first kappa shape index (κ1) is 29.1. The summed E-state index contributed by atoms with van der Waals surface area (Å²) in [6, 6.07) is 46.4. The number of aromatic nitrogens is 1. The van der Waals surface area contributed by atoms with E-state index in [9.17, 15) is 0 Å². The van der Waals surface area contributed by atoms with Gasteiger partial charge in [-0.2, -0.15) is 0 Å². The molecular weight excluding hydrogens is 579 g/mol. The van der Waals surface area contributed by atoms with E-state index in [1.54, 1.807) is 0 Å². The Bertz CT molecular complexity index is 2340. The standard InChI is InChI=1S/C45H41BN2/c1-27(2)30-15-19-33(20-16-30)47-43-22-18-32(29(5)6)24-40(43)46-39-23-31(28(3)4)17-21-35(39)38-25-34(26-44(47)45(38)46)48-41-13-9-7-11-36(41)37-12-8-10-14-42(37)48/h7-29H,1-6H3. The van der Waals surface area contributed by atoms with Crippen molar-refractivity contribution in [1.29, 1.82) is 0 Å². The molecule has 0 fully saturated rings. The predicted molar refractivity (Wildman–Crippen MR) is 208 cm³/mol. The van der Waals surface area contributed by atoms with Crippen molar-refractivity contribution in [1.82, 2.24) is 4.57 Å². The second-order valence-electron chi connectivity index (χ2n) is 14.8. The number of hydrogen-bond acceptors (Lipinski definition) is 1. The Kier molecular flexibility index (Phi) is 6.53. The Morgan fingerprint density at radius 2 is 1.02 bits per heavy atom. The number of anilines is 3. The van der Waals surface area contributed by atoms with Crippen LogP contribution in [0.1, 0.15) is 76.0 Å². The first-order valence-electron chi connectivity index (χ1n) is 17.6. The lowest BCUT2D eigenvalue weighted by molar-refractivity contribution is 0.866. The molecule has 9 rings (SSSR count). The summed E-state index contributed by atoms with van der Waals surface area (Å²) in [5, 5.41) is 2.57. The van der Waals surface area contributed by atoms with Crippen LogP contribution in [0, 0.1) is 0 Å². The van der Waals surface area contributed by atoms with E-state index in [-0.39, 0.29) is 6.71 Å². The predicted octanol–water partition coefficient (Wildman–Crippen LogP) is 10.4. The van der Waals surface area contributed by atoms with E-state index in [0.717, 1.165) is 0 Å². The highest BCUT2D eigenvalue weighted by atomic mass is 15.2. The maximum atomic E-state index is 2.55. The van der Waals surface area contributed by atoms with Gasteiger partial charge >= 0.3 is 0 Å². The molecule has 6 aromatic carbocycles. The summed E-state index contributed by atoms with van der Waals surface area (Å²) in [4.78, 5) is 2.55. The van der Waals surface area contributed by atoms with Crippen LogP contribution in [-0.2, 0) is 0 Å². The molecule has 0 aliphatic carbocycles. The summed E-state index contributed by atoms with van der Waals surface area (Å²) in [6.07, 6.45) is 0. The van der Waals surface area contributed by atoms with Gasteiger partial charge in [-0.1, -0.05) is 126 Å². The Morgan fingerprint density at radius 3 is 1.65 bits per heavy atom. The van der Waals surface area contributed by atoms with Gasteiger partial charge in [0.05, 0.1) is 11.0 Å². The second-order valence-corrected chi connectivity index (χ2v) is 14.8. The van der Waals surface area contributed by atoms with E-state index in [0.29, 0.717) is 17.8 Å². The number of hydrogen-bond donors (Lipinski definition) is 0. The summed E-state index contributed by atoms with van der Waals surface area (Å²) in [7, 11) is 0. The highest BCUT2D eigenvalue weighted by Crippen LogP contribution is 2.44. The zero-order chi connectivity index (χ0) is 32.8. The monoisotopic (exact) mass is 620 g/mol. The normalized spacial score (nSPS) is 13.3. The van der Waals surface area contributed by atoms with Gasteiger partial charge in [0.2, 0.25) is 6.71 Å². The molecule has 234 valence electrons. The van der Waals surface area contributed by atoms with Crippen LogP contribution < -0.4 is 21.3 Å². The molecule has 2 aliphatic heterocycles. The largest absolute Gasteiger partial charge is 0.311 e. The number of fused-ring (bicyclic) bond motifs is 8. The van der Waals surface area contributed by atoms with Gasteiger partial charge in [0.15, 0.2) is 0 Å². The van der Waals surface area contributed by atoms with Gasteiger partial charge in [0, 0.05) is 33.5 Å². The molecule has 3 heteroatoms. The highest BCUT2D eigenvalue weighted by molar-refractivity contribution is 7.01. The van der Waals surface area contributed by atoms with Crippen LogP contribution in [-0.4, -0.2) is 11.3 Å². The first-order valence-corrected chi connectivity index (χ1v) is 17.6. The van der Waals surface area contributed by atoms with Crippen LogP contribution in [0.2, 0.25) is 0 Å². The van der Waals surface area contributed by atoms with E-state index in [1.165, 1.54) is 88.8 Å². The molecule has 0 amide bonds. The third-order valence-electron chi connectivity index (χ3n) is 10.9. The minimum atomic E-state index is 0.191. The maximum Gasteiger partial charge on any atom is 0.248 e. The van der Waals surface area contributed by atoms with Gasteiger partial charge in [0.25, 0.3) is 0 Å². The van der Waals surface area contributed by atoms with Crippen molar-refractivity contribution in [3.63, 3.8) is 0 Å². The van der Waals surface area contributed by atoms with Crippen LogP contribution in [0.4, 0.5) is 17.1 Å². The Balaban J connectivity index is 1.39. The number of para-hydroxylation sites is 2. The van der Waals surface area contributed by atoms with Gasteiger partial charge in [-0.15, -0.1) is 0 Å². The minimum absolute atomic E-state index is 0.191. The van der Waals surface area contributed by atoms with Crippen LogP contribution >= 0.6 is 0 Å². The van der Waals surface area contributed by atoms with Crippen molar-refractivity contribution in [3.8, 4) is 16.8 Å². The van der Waals surface area contributed by atoms with Gasteiger partial charge < -0.3 is 9.47 Å². The third-order valence-corrected chi connectivity index (χ3v) is 10.9. The van der Waals surface area contributed by atoms with Crippen molar-refractivity contribution < 1.29 is 0 Å². The average molecular weight is 621 g/mol. The Hall–Kier alpha value is -5.02. The summed E-state index contributed by atoms with van der Waals surface area (Å²) < 4.78 is 2.48. The van der Waals surface area contributed by atoms with E-state index in [1.807, 2.05) is 0 Å². The fourth-order valence-electron chi connectivity index (χ4n) is 8.35. The second kappa shape index (κ2) is 10.8. The molecular formula is C45H41BN2. The van der Waals surface area contributed by atoms with E-state index in [2.05, 4.69) is 172 Å². The molecule has 0 spiro atoms. The smallest absolute Gasteiger partial charge is 0.248 e. The number of nitrogens with zero attached hydrogens (tertiary/aromatic N) is 2. The number of benzene rings is 6. The van der Waals surface area contributed by atoms with E-state index >= 15 is 0 Å². The molecule has 2 aliphatic rings. The third kappa shape index (κ3) is 4.19. The summed E-state index contributed by atoms with van der Waals surface area (Å²) in [5.41, 5.74) is 18.6. The molecule has 48 heavy (non-hydrogen) atoms. The molecule has 0 unspecified atom stereocenters. The van der Waals surface area contributed by atoms with Gasteiger partial charge in [-0.05, 0) is 99.0 Å². The number of rotatable bonds is 5. The Labute approximate surface area is 284 Å². The zero-order valence-corrected chi connectivity index (χ0v) is 28.8. The molecule has 0 saturated heterocycles. The van der Waals surface area contributed by atoms with Crippen molar-refractivity contribution in [2.45, 2.75) is 59.3 Å². The molecule has 0 radical (unpaired) electrons. The fourth-order valence-corrected chi connectivity index (χ4v) is 8.35. The van der Waals surface area contributed by atoms with Gasteiger partial charge in [0.1, 0.15) is 0 Å². The first-order chi connectivity index (χ1) is 23.3. The average Bonchev–Trinajstić information content (AvgIpc) is 3.61. The zero-order valence-electron chi connectivity index (χ0n) is 28.8. The maximum absolute atomic E-state index is 2.55. The topological polar surface area (TPSA) is 8.17 Å². The molecule has 7 aromatic rings. The molecule has 0 bridgehead atoms. The molecule has 3 heterocycles. The van der Waals surface area contributed by atoms with Gasteiger partial charge in [-0.3, -0.25) is 0 Å². The SMILES string of the molecule is CC(C)c1ccc(N2c3ccc(C(C)C)cc3B3c4cc(C(C)C)ccc4-c4cc(-n5c6ccccc6c6ccccc65)cc2c43)cc1. The summed E-state index contributed by atoms with van der Waals surface area (Å²) in [6.45, 7) is 14.0. The lowest BCUT2D eigenvalue weighted by Crippen LogP contribution is -2.55. The summed E-state index contributed by atoms with van der Waals surface area (Å²) >= 11 is 0. The summed E-state index contributed by atoms with van der Waals surface area (Å²) in [5.74, 6) is 1.40. The van der Waals surface area contributed by atoms with E-state index in [4.69, 9.17) is 0 Å². The lowest BCUT2D eigenvalue weighted by Gasteiger charge is -2.37. The van der Waals surface area contributed by atoms with Crippen LogP contribution in [0.3, 0.4) is 0 Å². The minimum Gasteiger partial charge on any atom is -0.311 e. The van der Waals surface area contributed by atoms with Crippen molar-refractivity contribution >= 4 is 62.0 Å². The van der Waals surface area contributed by atoms with Crippen molar-refractivity contribution in [2.24, 2.45) is 0 Å². The molecule has 0 saturated carbocycles. The van der Waals surface area contributed by atoms with Crippen LogP contribution in [0.15, 0.2) is 121 Å². The van der Waals surface area contributed by atoms with Crippen LogP contribution in [0.25, 0.3) is 38.6 Å². The molecule has 0 atom stereocenters. The molecule has 0 N–H and O–H groups in total. The van der Waals surface area contributed by atoms with Crippen molar-refractivity contribution in [3.05, 3.63) is 138 Å². The lowest BCUT2D eigenvalue weighted by atomic mass is 9.37. The highest BCUT2D eigenvalue weighted by Gasteiger charge is 2.43. The molecule has 2 nitrogen and oxygen atoms in total. The van der Waals surface area contributed by atoms with E-state index < -0.39 is 0 Å². The van der Waals surface area contributed by atoms with Crippen molar-refractivity contribution in [2.75, 3.05) is 4.90 Å². The Morgan fingerprint density at radius 1 is 0.458 bits per heavy atom. The fraction of sp³-hybridized carbons (Fsp3) is 0.200.